The van der Waals surface area contributed by atoms with Gasteiger partial charge in [0.15, 0.2) is 28.7 Å². The molecule has 1 aliphatic carbocycles. The number of amides is 1. The minimum Gasteiger partial charge on any atom is -0.539 e. The molecule has 2 aromatic carbocycles. The molecule has 0 unspecified atom stereocenters. The molecule has 43 heavy (non-hydrogen) atoms. The Labute approximate surface area is 258 Å². The van der Waals surface area contributed by atoms with Gasteiger partial charge in [0.2, 0.25) is 6.79 Å². The maximum absolute atomic E-state index is 13.4. The van der Waals surface area contributed by atoms with E-state index in [1.807, 2.05) is 24.3 Å². The third-order valence-electron chi connectivity index (χ3n) is 8.98. The Morgan fingerprint density at radius 1 is 1.02 bits per heavy atom. The molecule has 1 amide bonds. The fourth-order valence-electron chi connectivity index (χ4n) is 5.72. The standard InChI is InChI=1S/C31H40ClNO9Si/c1-31(2,3)43(6,7)42-28-23(36-4)11-17(12-24(28)37-5)25-18-13-21-22(41-16-40-21)14-19(18)27(20-15-39-29(34)26(20)25)33-30(35)38-10-8-9-32/h11-14,20,25-27H,8-10,15-16H2,1-7H3,(H,33,35)/t20-,25+,26-,27+/m0/s1. The summed E-state index contributed by atoms with van der Waals surface area (Å²) in [4.78, 5) is 26.3. The van der Waals surface area contributed by atoms with Gasteiger partial charge in [-0.05, 0) is 65.5 Å². The lowest BCUT2D eigenvalue weighted by atomic mass is 9.65. The zero-order valence-electron chi connectivity index (χ0n) is 25.7. The van der Waals surface area contributed by atoms with Crippen molar-refractivity contribution in [1.29, 1.82) is 0 Å². The van der Waals surface area contributed by atoms with E-state index in [-0.39, 0.29) is 36.9 Å². The van der Waals surface area contributed by atoms with Crippen LogP contribution in [-0.2, 0) is 14.3 Å². The molecule has 0 aromatic heterocycles. The van der Waals surface area contributed by atoms with Crippen molar-refractivity contribution in [2.24, 2.45) is 11.8 Å². The van der Waals surface area contributed by atoms with Crippen molar-refractivity contribution in [3.8, 4) is 28.7 Å². The molecular formula is C31H40ClNO9Si. The van der Waals surface area contributed by atoms with Gasteiger partial charge in [-0.3, -0.25) is 4.79 Å². The number of alkyl carbamates (subject to hydrolysis) is 1. The van der Waals surface area contributed by atoms with Gasteiger partial charge in [-0.25, -0.2) is 4.79 Å². The molecule has 0 saturated carbocycles. The highest BCUT2D eigenvalue weighted by molar-refractivity contribution is 6.74. The fraction of sp³-hybridized carbons (Fsp3) is 0.548. The number of carbonyl (C=O) groups excluding carboxylic acids is 2. The average molecular weight is 634 g/mol. The first-order valence-electron chi connectivity index (χ1n) is 14.4. The minimum atomic E-state index is -2.26. The van der Waals surface area contributed by atoms with Gasteiger partial charge in [-0.2, -0.15) is 0 Å². The average Bonchev–Trinajstić information content (AvgIpc) is 3.57. The fourth-order valence-corrected chi connectivity index (χ4v) is 6.85. The van der Waals surface area contributed by atoms with Crippen LogP contribution in [0.1, 0.15) is 55.8 Å². The maximum Gasteiger partial charge on any atom is 0.407 e. The summed E-state index contributed by atoms with van der Waals surface area (Å²) in [5.74, 6) is 1.27. The van der Waals surface area contributed by atoms with Crippen LogP contribution >= 0.6 is 11.6 Å². The predicted molar refractivity (Wildman–Crippen MR) is 162 cm³/mol. The Morgan fingerprint density at radius 2 is 1.65 bits per heavy atom. The third-order valence-corrected chi connectivity index (χ3v) is 13.6. The first-order chi connectivity index (χ1) is 20.4. The highest BCUT2D eigenvalue weighted by Gasteiger charge is 2.53. The first kappa shape index (κ1) is 31.1. The van der Waals surface area contributed by atoms with Gasteiger partial charge in [0, 0.05) is 17.7 Å². The number of benzene rings is 2. The number of cyclic esters (lactones) is 1. The van der Waals surface area contributed by atoms with E-state index in [4.69, 9.17) is 44.4 Å². The number of esters is 1. The minimum absolute atomic E-state index is 0.0551. The Morgan fingerprint density at radius 3 is 2.23 bits per heavy atom. The normalized spacial score (nSPS) is 22.3. The molecule has 0 radical (unpaired) electrons. The van der Waals surface area contributed by atoms with E-state index in [1.54, 1.807) is 14.2 Å². The second-order valence-electron chi connectivity index (χ2n) is 12.5. The Balaban J connectivity index is 1.63. The number of methoxy groups -OCH3 is 2. The number of nitrogens with one attached hydrogen (secondary N) is 1. The van der Waals surface area contributed by atoms with Crippen molar-refractivity contribution < 1.29 is 42.4 Å². The highest BCUT2D eigenvalue weighted by atomic mass is 35.5. The maximum atomic E-state index is 13.4. The van der Waals surface area contributed by atoms with Gasteiger partial charge >= 0.3 is 12.1 Å². The topological polar surface area (TPSA) is 111 Å². The molecule has 12 heteroatoms. The van der Waals surface area contributed by atoms with Gasteiger partial charge < -0.3 is 38.2 Å². The van der Waals surface area contributed by atoms with Crippen LogP contribution in [0.5, 0.6) is 28.7 Å². The van der Waals surface area contributed by atoms with Gasteiger partial charge in [0.25, 0.3) is 8.32 Å². The zero-order valence-corrected chi connectivity index (χ0v) is 27.5. The number of rotatable bonds is 9. The molecule has 0 bridgehead atoms. The van der Waals surface area contributed by atoms with E-state index in [1.165, 1.54) is 0 Å². The van der Waals surface area contributed by atoms with Crippen molar-refractivity contribution in [3.63, 3.8) is 0 Å². The van der Waals surface area contributed by atoms with Crippen LogP contribution < -0.4 is 28.7 Å². The number of hydrogen-bond acceptors (Lipinski definition) is 9. The second kappa shape index (κ2) is 12.0. The second-order valence-corrected chi connectivity index (χ2v) is 17.7. The molecule has 5 rings (SSSR count). The van der Waals surface area contributed by atoms with Gasteiger partial charge in [-0.1, -0.05) is 20.8 Å². The van der Waals surface area contributed by atoms with E-state index in [2.05, 4.69) is 39.2 Å². The van der Waals surface area contributed by atoms with Gasteiger partial charge in [0.05, 0.1) is 39.4 Å². The number of carbonyl (C=O) groups is 2. The molecule has 3 aliphatic rings. The van der Waals surface area contributed by atoms with Crippen LogP contribution in [0.25, 0.3) is 0 Å². The predicted octanol–water partition coefficient (Wildman–Crippen LogP) is 6.15. The van der Waals surface area contributed by atoms with Crippen LogP contribution in [0.2, 0.25) is 18.1 Å². The molecule has 2 heterocycles. The van der Waals surface area contributed by atoms with Crippen molar-refractivity contribution >= 4 is 32.0 Å². The third kappa shape index (κ3) is 5.81. The van der Waals surface area contributed by atoms with Crippen molar-refractivity contribution in [3.05, 3.63) is 41.0 Å². The van der Waals surface area contributed by atoms with Crippen LogP contribution in [-0.4, -0.2) is 60.5 Å². The smallest absolute Gasteiger partial charge is 0.407 e. The summed E-state index contributed by atoms with van der Waals surface area (Å²) in [6.07, 6.45) is -0.0607. The summed E-state index contributed by atoms with van der Waals surface area (Å²) >= 11 is 5.75. The van der Waals surface area contributed by atoms with Crippen molar-refractivity contribution in [2.45, 2.75) is 57.3 Å². The number of ether oxygens (including phenoxy) is 6. The van der Waals surface area contributed by atoms with Gasteiger partial charge in [0.1, 0.15) is 0 Å². The van der Waals surface area contributed by atoms with Crippen LogP contribution in [0.15, 0.2) is 24.3 Å². The summed E-state index contributed by atoms with van der Waals surface area (Å²) in [6, 6.07) is 7.00. The monoisotopic (exact) mass is 633 g/mol. The Hall–Kier alpha value is -3.31. The van der Waals surface area contributed by atoms with Crippen LogP contribution in [0, 0.1) is 11.8 Å². The molecule has 1 fully saturated rings. The molecule has 0 spiro atoms. The lowest BCUT2D eigenvalue weighted by molar-refractivity contribution is -0.141. The SMILES string of the molecule is COc1cc([C@@H]2c3cc4c(cc3[C@@H](NC(=O)OCCCCl)[C@H]3COC(=O)[C@H]23)OCO4)cc(OC)c1O[Si](C)(C)C(C)(C)C. The molecule has 4 atom stereocenters. The summed E-state index contributed by atoms with van der Waals surface area (Å²) < 4.78 is 40.9. The summed E-state index contributed by atoms with van der Waals surface area (Å²) in [6.45, 7) is 11.2. The number of hydrogen-bond donors (Lipinski definition) is 1. The zero-order chi connectivity index (χ0) is 31.1. The van der Waals surface area contributed by atoms with Crippen LogP contribution in [0.3, 0.4) is 0 Å². The van der Waals surface area contributed by atoms with E-state index in [0.29, 0.717) is 41.0 Å². The largest absolute Gasteiger partial charge is 0.539 e. The number of halogens is 1. The molecule has 1 saturated heterocycles. The van der Waals surface area contributed by atoms with E-state index in [9.17, 15) is 9.59 Å². The van der Waals surface area contributed by atoms with E-state index >= 15 is 0 Å². The molecule has 1 N–H and O–H groups in total. The molecule has 10 nitrogen and oxygen atoms in total. The van der Waals surface area contributed by atoms with E-state index < -0.39 is 32.3 Å². The quantitative estimate of drug-likeness (QED) is 0.150. The Bertz CT molecular complexity index is 1370. The summed E-state index contributed by atoms with van der Waals surface area (Å²) in [5.41, 5.74) is 2.38. The molecule has 234 valence electrons. The summed E-state index contributed by atoms with van der Waals surface area (Å²) in [7, 11) is 0.918. The highest BCUT2D eigenvalue weighted by Crippen LogP contribution is 2.56. The van der Waals surface area contributed by atoms with E-state index in [0.717, 1.165) is 16.7 Å². The lowest BCUT2D eigenvalue weighted by Gasteiger charge is -2.40. The first-order valence-corrected chi connectivity index (χ1v) is 17.9. The number of alkyl halides is 1. The Kier molecular flexibility index (Phi) is 8.68. The molecular weight excluding hydrogens is 594 g/mol. The molecule has 2 aromatic rings. The van der Waals surface area contributed by atoms with Crippen molar-refractivity contribution in [1.82, 2.24) is 5.32 Å². The number of fused-ring (bicyclic) bond motifs is 3. The van der Waals surface area contributed by atoms with Crippen LogP contribution in [0.4, 0.5) is 4.79 Å². The molecule has 2 aliphatic heterocycles. The summed E-state index contributed by atoms with van der Waals surface area (Å²) in [5, 5.41) is 2.93. The van der Waals surface area contributed by atoms with Crippen molar-refractivity contribution in [2.75, 3.05) is 40.1 Å². The lowest BCUT2D eigenvalue weighted by Crippen LogP contribution is -2.44. The van der Waals surface area contributed by atoms with Gasteiger partial charge in [-0.15, -0.1) is 11.6 Å².